The van der Waals surface area contributed by atoms with Crippen molar-refractivity contribution >= 4 is 12.0 Å². The van der Waals surface area contributed by atoms with Crippen molar-refractivity contribution in [3.05, 3.63) is 94.3 Å². The second-order valence-electron chi connectivity index (χ2n) is 10.9. The first kappa shape index (κ1) is 31.1. The van der Waals surface area contributed by atoms with Crippen LogP contribution in [0.1, 0.15) is 52.7 Å². The highest BCUT2D eigenvalue weighted by atomic mass is 19.1. The van der Waals surface area contributed by atoms with Gasteiger partial charge in [0.1, 0.15) is 17.5 Å². The second kappa shape index (κ2) is 13.4. The number of aliphatic hydroxyl groups is 1. The van der Waals surface area contributed by atoms with E-state index >= 15 is 8.78 Å². The molecule has 4 rings (SSSR count). The van der Waals surface area contributed by atoms with E-state index < -0.39 is 35.1 Å². The number of likely N-dealkylation sites (tertiary alicyclic amines) is 1. The van der Waals surface area contributed by atoms with Crippen LogP contribution < -0.4 is 10.6 Å². The summed E-state index contributed by atoms with van der Waals surface area (Å²) in [5.41, 5.74) is -0.279. The molecule has 3 aromatic carbocycles. The largest absolute Gasteiger partial charge is 0.465 e. The quantitative estimate of drug-likeness (QED) is 0.233. The van der Waals surface area contributed by atoms with Gasteiger partial charge in [0.15, 0.2) is 0 Å². The summed E-state index contributed by atoms with van der Waals surface area (Å²) in [6.07, 6.45) is -0.235. The Morgan fingerprint density at radius 1 is 1.05 bits per heavy atom. The van der Waals surface area contributed by atoms with Gasteiger partial charge in [0.25, 0.3) is 5.91 Å². The van der Waals surface area contributed by atoms with E-state index in [0.717, 1.165) is 11.6 Å². The number of hydrogen-bond donors (Lipinski definition) is 4. The number of carboxylic acid groups (broad SMARTS) is 1. The van der Waals surface area contributed by atoms with Crippen LogP contribution in [0, 0.1) is 30.3 Å². The fraction of sp³-hybridized carbons (Fsp3) is 0.375. The molecule has 1 aliphatic rings. The van der Waals surface area contributed by atoms with E-state index in [1.165, 1.54) is 18.2 Å². The van der Waals surface area contributed by atoms with E-state index in [-0.39, 0.29) is 48.5 Å². The lowest BCUT2D eigenvalue weighted by Crippen LogP contribution is -2.48. The molecule has 0 radical (unpaired) electrons. The minimum atomic E-state index is -1.91. The van der Waals surface area contributed by atoms with Crippen molar-refractivity contribution < 1.29 is 33.0 Å². The molecule has 3 aromatic rings. The SMILES string of the molecule is CNCc1ccc(C(=O)N2CCC[C@@H]([C@@](O)(CCCNC(=O)O)c3cc(F)cc(F)c3-c3cc(C)ccc3F)C2)cc1. The van der Waals surface area contributed by atoms with Crippen LogP contribution in [0.5, 0.6) is 0 Å². The molecule has 42 heavy (non-hydrogen) atoms. The zero-order valence-corrected chi connectivity index (χ0v) is 23.7. The lowest BCUT2D eigenvalue weighted by molar-refractivity contribution is -0.0566. The van der Waals surface area contributed by atoms with Gasteiger partial charge >= 0.3 is 6.09 Å². The number of aryl methyl sites for hydroxylation is 1. The Hall–Kier alpha value is -3.89. The predicted molar refractivity (Wildman–Crippen MR) is 153 cm³/mol. The van der Waals surface area contributed by atoms with E-state index in [2.05, 4.69) is 10.6 Å². The number of hydrogen-bond acceptors (Lipinski definition) is 4. The summed E-state index contributed by atoms with van der Waals surface area (Å²) in [5, 5.41) is 26.7. The maximum atomic E-state index is 15.5. The monoisotopic (exact) mass is 583 g/mol. The summed E-state index contributed by atoms with van der Waals surface area (Å²) in [6.45, 7) is 2.87. The van der Waals surface area contributed by atoms with E-state index in [1.807, 2.05) is 19.2 Å². The average Bonchev–Trinajstić information content (AvgIpc) is 2.96. The Morgan fingerprint density at radius 2 is 1.79 bits per heavy atom. The van der Waals surface area contributed by atoms with Crippen molar-refractivity contribution in [2.24, 2.45) is 5.92 Å². The summed E-state index contributed by atoms with van der Waals surface area (Å²) >= 11 is 0. The zero-order valence-electron chi connectivity index (χ0n) is 23.7. The van der Waals surface area contributed by atoms with Crippen LogP contribution in [0.2, 0.25) is 0 Å². The van der Waals surface area contributed by atoms with Gasteiger partial charge in [-0.05, 0) is 81.1 Å². The van der Waals surface area contributed by atoms with E-state index in [4.69, 9.17) is 5.11 Å². The molecule has 0 bridgehead atoms. The number of carbonyl (C=O) groups is 2. The lowest BCUT2D eigenvalue weighted by atomic mass is 9.72. The minimum absolute atomic E-state index is 0.0160. The topological polar surface area (TPSA) is 102 Å². The van der Waals surface area contributed by atoms with Gasteiger partial charge < -0.3 is 25.7 Å². The van der Waals surface area contributed by atoms with Gasteiger partial charge in [0.05, 0.1) is 5.60 Å². The number of benzene rings is 3. The molecule has 1 aliphatic heterocycles. The van der Waals surface area contributed by atoms with Gasteiger partial charge in [0.2, 0.25) is 0 Å². The first-order valence-corrected chi connectivity index (χ1v) is 14.0. The van der Waals surface area contributed by atoms with Gasteiger partial charge in [-0.3, -0.25) is 4.79 Å². The molecule has 1 heterocycles. The van der Waals surface area contributed by atoms with E-state index in [0.29, 0.717) is 43.1 Å². The molecule has 2 atom stereocenters. The smallest absolute Gasteiger partial charge is 0.404 e. The van der Waals surface area contributed by atoms with Crippen molar-refractivity contribution in [1.82, 2.24) is 15.5 Å². The Bertz CT molecular complexity index is 1430. The van der Waals surface area contributed by atoms with Crippen molar-refractivity contribution in [3.63, 3.8) is 0 Å². The van der Waals surface area contributed by atoms with Gasteiger partial charge in [-0.1, -0.05) is 23.8 Å². The normalized spacial score (nSPS) is 16.6. The molecule has 0 aromatic heterocycles. The van der Waals surface area contributed by atoms with Crippen LogP contribution in [0.4, 0.5) is 18.0 Å². The maximum Gasteiger partial charge on any atom is 0.404 e. The van der Waals surface area contributed by atoms with Crippen LogP contribution in [0.3, 0.4) is 0 Å². The van der Waals surface area contributed by atoms with Crippen LogP contribution in [0.25, 0.3) is 11.1 Å². The summed E-state index contributed by atoms with van der Waals surface area (Å²) < 4.78 is 45.4. The molecule has 7 nitrogen and oxygen atoms in total. The van der Waals surface area contributed by atoms with Crippen LogP contribution in [-0.2, 0) is 12.1 Å². The number of amides is 2. The molecule has 224 valence electrons. The third-order valence-electron chi connectivity index (χ3n) is 7.89. The fourth-order valence-corrected chi connectivity index (χ4v) is 5.83. The van der Waals surface area contributed by atoms with E-state index in [1.54, 1.807) is 24.0 Å². The van der Waals surface area contributed by atoms with Gasteiger partial charge in [0, 0.05) is 54.9 Å². The second-order valence-corrected chi connectivity index (χ2v) is 10.9. The number of carbonyl (C=O) groups excluding carboxylic acids is 1. The number of halogens is 3. The predicted octanol–water partition coefficient (Wildman–Crippen LogP) is 5.59. The summed E-state index contributed by atoms with van der Waals surface area (Å²) in [6, 6.07) is 13.0. The average molecular weight is 584 g/mol. The molecule has 0 spiro atoms. The number of piperidine rings is 1. The van der Waals surface area contributed by atoms with Gasteiger partial charge in [-0.15, -0.1) is 0 Å². The van der Waals surface area contributed by atoms with Gasteiger partial charge in [-0.25, -0.2) is 18.0 Å². The van der Waals surface area contributed by atoms with Crippen LogP contribution >= 0.6 is 0 Å². The molecule has 2 amide bonds. The Balaban J connectivity index is 1.75. The highest BCUT2D eigenvalue weighted by Crippen LogP contribution is 2.45. The van der Waals surface area contributed by atoms with Crippen molar-refractivity contribution in [1.29, 1.82) is 0 Å². The molecule has 1 fully saturated rings. The van der Waals surface area contributed by atoms with Crippen molar-refractivity contribution in [2.75, 3.05) is 26.7 Å². The third kappa shape index (κ3) is 6.94. The number of rotatable bonds is 10. The van der Waals surface area contributed by atoms with Crippen LogP contribution in [0.15, 0.2) is 54.6 Å². The summed E-state index contributed by atoms with van der Waals surface area (Å²) in [7, 11) is 1.83. The molecule has 0 saturated carbocycles. The molecular formula is C32H36F3N3O4. The zero-order chi connectivity index (χ0) is 30.4. The minimum Gasteiger partial charge on any atom is -0.465 e. The first-order chi connectivity index (χ1) is 20.0. The fourth-order valence-electron chi connectivity index (χ4n) is 5.83. The van der Waals surface area contributed by atoms with Gasteiger partial charge in [-0.2, -0.15) is 0 Å². The highest BCUT2D eigenvalue weighted by molar-refractivity contribution is 5.94. The Kier molecular flexibility index (Phi) is 9.90. The standard InChI is InChI=1S/C32H36F3N3O4/c1-20-6-11-27(34)25(15-20)29-26(16-24(33)17-28(29)35)32(42,12-4-13-37-31(40)41)23-5-3-14-38(19-23)30(39)22-9-7-21(8-10-22)18-36-2/h6-11,15-17,23,36-37,42H,3-5,12-14,18-19H2,1-2H3,(H,40,41)/t23-,32+/m1/s1. The summed E-state index contributed by atoms with van der Waals surface area (Å²) in [4.78, 5) is 26.1. The Labute approximate surface area is 243 Å². The molecular weight excluding hydrogens is 547 g/mol. The first-order valence-electron chi connectivity index (χ1n) is 14.0. The molecule has 1 saturated heterocycles. The third-order valence-corrected chi connectivity index (χ3v) is 7.89. The molecule has 10 heteroatoms. The lowest BCUT2D eigenvalue weighted by Gasteiger charge is -2.43. The van der Waals surface area contributed by atoms with E-state index in [9.17, 15) is 19.1 Å². The maximum absolute atomic E-state index is 15.5. The van der Waals surface area contributed by atoms with Crippen LogP contribution in [-0.4, -0.2) is 53.8 Å². The number of nitrogens with zero attached hydrogens (tertiary/aromatic N) is 1. The molecule has 4 N–H and O–H groups in total. The molecule has 0 aliphatic carbocycles. The Morgan fingerprint density at radius 3 is 2.48 bits per heavy atom. The van der Waals surface area contributed by atoms with Crippen molar-refractivity contribution in [2.45, 2.75) is 44.8 Å². The number of nitrogens with one attached hydrogen (secondary N) is 2. The van der Waals surface area contributed by atoms with Crippen molar-refractivity contribution in [3.8, 4) is 11.1 Å². The highest BCUT2D eigenvalue weighted by Gasteiger charge is 2.44. The summed E-state index contributed by atoms with van der Waals surface area (Å²) in [5.74, 6) is -3.60. The molecule has 0 unspecified atom stereocenters.